The molecule has 0 heterocycles. The van der Waals surface area contributed by atoms with Crippen molar-refractivity contribution in [2.75, 3.05) is 6.61 Å². The maximum Gasteiger partial charge on any atom is 0.261 e. The largest absolute Gasteiger partial charge is 0.483 e. The van der Waals surface area contributed by atoms with Gasteiger partial charge in [-0.3, -0.25) is 9.59 Å². The molecule has 0 unspecified atom stereocenters. The van der Waals surface area contributed by atoms with Gasteiger partial charge in [-0.2, -0.15) is 0 Å². The van der Waals surface area contributed by atoms with E-state index < -0.39 is 6.04 Å². The summed E-state index contributed by atoms with van der Waals surface area (Å²) in [5.74, 6) is 0.0910. The highest BCUT2D eigenvalue weighted by molar-refractivity contribution is 9.10. The van der Waals surface area contributed by atoms with Crippen molar-refractivity contribution < 1.29 is 14.3 Å². The van der Waals surface area contributed by atoms with Crippen molar-refractivity contribution in [3.8, 4) is 5.75 Å². The number of benzene rings is 2. The molecule has 0 aliphatic rings. The number of rotatable bonds is 8. The van der Waals surface area contributed by atoms with E-state index in [1.165, 1.54) is 4.90 Å². The number of hydrogen-bond donors (Lipinski definition) is 1. The number of carbonyl (C=O) groups excluding carboxylic acids is 2. The zero-order chi connectivity index (χ0) is 24.1. The Balaban J connectivity index is 2.18. The average molecular weight is 524 g/mol. The van der Waals surface area contributed by atoms with Crippen LogP contribution >= 0.6 is 27.5 Å². The van der Waals surface area contributed by atoms with Gasteiger partial charge in [0.1, 0.15) is 11.8 Å². The zero-order valence-corrected chi connectivity index (χ0v) is 21.9. The fourth-order valence-corrected chi connectivity index (χ4v) is 3.70. The minimum Gasteiger partial charge on any atom is -0.483 e. The van der Waals surface area contributed by atoms with E-state index in [2.05, 4.69) is 42.0 Å². The van der Waals surface area contributed by atoms with Crippen LogP contribution in [0.5, 0.6) is 5.75 Å². The van der Waals surface area contributed by atoms with E-state index in [1.54, 1.807) is 19.1 Å². The van der Waals surface area contributed by atoms with Gasteiger partial charge in [0.15, 0.2) is 6.61 Å². The number of ether oxygens (including phenoxy) is 1. The molecular weight excluding hydrogens is 492 g/mol. The lowest BCUT2D eigenvalue weighted by Crippen LogP contribution is -2.50. The third kappa shape index (κ3) is 7.52. The Morgan fingerprint density at radius 3 is 2.25 bits per heavy atom. The van der Waals surface area contributed by atoms with E-state index >= 15 is 0 Å². The maximum atomic E-state index is 13.1. The molecule has 0 bridgehead atoms. The molecule has 0 saturated carbocycles. The van der Waals surface area contributed by atoms with Crippen LogP contribution in [0.25, 0.3) is 0 Å². The zero-order valence-electron chi connectivity index (χ0n) is 19.5. The first-order chi connectivity index (χ1) is 14.9. The summed E-state index contributed by atoms with van der Waals surface area (Å²) in [6.07, 6.45) is 0. The van der Waals surface area contributed by atoms with Crippen LogP contribution in [0.2, 0.25) is 5.02 Å². The van der Waals surface area contributed by atoms with Crippen molar-refractivity contribution in [3.05, 3.63) is 63.1 Å². The summed E-state index contributed by atoms with van der Waals surface area (Å²) in [4.78, 5) is 27.3. The Bertz CT molecular complexity index is 939. The van der Waals surface area contributed by atoms with Gasteiger partial charge in [-0.25, -0.2) is 0 Å². The molecule has 7 heteroatoms. The molecule has 2 rings (SSSR count). The van der Waals surface area contributed by atoms with Gasteiger partial charge < -0.3 is 15.0 Å². The molecule has 2 aromatic carbocycles. The number of nitrogens with one attached hydrogen (secondary N) is 1. The Hall–Kier alpha value is -2.05. The summed E-state index contributed by atoms with van der Waals surface area (Å²) in [6, 6.07) is 12.4. The monoisotopic (exact) mass is 522 g/mol. The van der Waals surface area contributed by atoms with Gasteiger partial charge in [0.25, 0.3) is 5.91 Å². The number of nitrogens with zero attached hydrogens (tertiary/aromatic N) is 1. The maximum absolute atomic E-state index is 13.1. The van der Waals surface area contributed by atoms with E-state index in [9.17, 15) is 9.59 Å². The van der Waals surface area contributed by atoms with Gasteiger partial charge in [0.05, 0.1) is 4.47 Å². The second kappa shape index (κ2) is 11.2. The summed E-state index contributed by atoms with van der Waals surface area (Å²) in [6.45, 7) is 12.0. The molecule has 0 aliphatic carbocycles. The molecular formula is C25H32BrClN2O3. The smallest absolute Gasteiger partial charge is 0.261 e. The lowest BCUT2D eigenvalue weighted by Gasteiger charge is -2.29. The highest BCUT2D eigenvalue weighted by Gasteiger charge is 2.27. The Morgan fingerprint density at radius 1 is 1.09 bits per heavy atom. The summed E-state index contributed by atoms with van der Waals surface area (Å²) in [5, 5.41) is 3.49. The number of carbonyl (C=O) groups is 2. The van der Waals surface area contributed by atoms with Crippen LogP contribution in [0.15, 0.2) is 46.9 Å². The molecule has 0 saturated heterocycles. The molecule has 2 amide bonds. The molecule has 0 radical (unpaired) electrons. The second-order valence-corrected chi connectivity index (χ2v) is 10.5. The number of amides is 2. The topological polar surface area (TPSA) is 58.6 Å². The molecule has 0 aromatic heterocycles. The highest BCUT2D eigenvalue weighted by atomic mass is 79.9. The van der Waals surface area contributed by atoms with Gasteiger partial charge in [-0.05, 0) is 77.5 Å². The minimum atomic E-state index is -0.657. The Morgan fingerprint density at radius 2 is 1.72 bits per heavy atom. The Labute approximate surface area is 204 Å². The normalized spacial score (nSPS) is 12.4. The molecule has 0 aliphatic heterocycles. The second-order valence-electron chi connectivity index (χ2n) is 9.17. The minimum absolute atomic E-state index is 0.00541. The average Bonchev–Trinajstić information content (AvgIpc) is 2.70. The van der Waals surface area contributed by atoms with Gasteiger partial charge in [-0.15, -0.1) is 0 Å². The lowest BCUT2D eigenvalue weighted by molar-refractivity contribution is -0.142. The summed E-state index contributed by atoms with van der Waals surface area (Å²) in [5.41, 5.74) is 2.04. The fourth-order valence-electron chi connectivity index (χ4n) is 3.08. The summed E-state index contributed by atoms with van der Waals surface area (Å²) in [7, 11) is 0. The molecule has 2 aromatic rings. The van der Waals surface area contributed by atoms with E-state index in [4.69, 9.17) is 16.3 Å². The molecule has 174 valence electrons. The molecule has 0 fully saturated rings. The number of hydrogen-bond acceptors (Lipinski definition) is 3. The van der Waals surface area contributed by atoms with E-state index in [1.807, 2.05) is 44.2 Å². The first-order valence-corrected chi connectivity index (χ1v) is 11.8. The van der Waals surface area contributed by atoms with E-state index in [-0.39, 0.29) is 36.4 Å². The van der Waals surface area contributed by atoms with E-state index in [0.29, 0.717) is 10.8 Å². The first-order valence-electron chi connectivity index (χ1n) is 10.7. The van der Waals surface area contributed by atoms with Crippen LogP contribution < -0.4 is 10.1 Å². The quantitative estimate of drug-likeness (QED) is 0.481. The van der Waals surface area contributed by atoms with Crippen molar-refractivity contribution >= 4 is 39.3 Å². The third-order valence-corrected chi connectivity index (χ3v) is 5.89. The van der Waals surface area contributed by atoms with Crippen molar-refractivity contribution in [1.29, 1.82) is 0 Å². The van der Waals surface area contributed by atoms with Crippen molar-refractivity contribution in [1.82, 2.24) is 10.2 Å². The first kappa shape index (κ1) is 26.2. The van der Waals surface area contributed by atoms with Crippen LogP contribution in [0, 0.1) is 0 Å². The predicted octanol–water partition coefficient (Wildman–Crippen LogP) is 5.72. The summed E-state index contributed by atoms with van der Waals surface area (Å²) < 4.78 is 6.61. The van der Waals surface area contributed by atoms with Crippen LogP contribution in [-0.4, -0.2) is 35.4 Å². The van der Waals surface area contributed by atoms with E-state index in [0.717, 1.165) is 15.6 Å². The van der Waals surface area contributed by atoms with Gasteiger partial charge >= 0.3 is 0 Å². The van der Waals surface area contributed by atoms with Crippen LogP contribution in [0.1, 0.15) is 52.7 Å². The van der Waals surface area contributed by atoms with Gasteiger partial charge in [-0.1, -0.05) is 50.6 Å². The highest BCUT2D eigenvalue weighted by Crippen LogP contribution is 2.31. The SMILES string of the molecule is CC(C)NC(=O)[C@H](C)N(Cc1ccc(Cl)cc1)C(=O)COc1ccc(C(C)(C)C)cc1Br. The van der Waals surface area contributed by atoms with Crippen LogP contribution in [0.4, 0.5) is 0 Å². The third-order valence-electron chi connectivity index (χ3n) is 5.01. The van der Waals surface area contributed by atoms with Gasteiger partial charge in [0, 0.05) is 17.6 Å². The number of halogens is 2. The lowest BCUT2D eigenvalue weighted by atomic mass is 9.87. The van der Waals surface area contributed by atoms with Gasteiger partial charge in [0.2, 0.25) is 5.91 Å². The molecule has 0 spiro atoms. The fraction of sp³-hybridized carbons (Fsp3) is 0.440. The molecule has 5 nitrogen and oxygen atoms in total. The predicted molar refractivity (Wildman–Crippen MR) is 133 cm³/mol. The molecule has 1 atom stereocenters. The van der Waals surface area contributed by atoms with Crippen molar-refractivity contribution in [2.24, 2.45) is 0 Å². The summed E-state index contributed by atoms with van der Waals surface area (Å²) >= 11 is 9.52. The molecule has 1 N–H and O–H groups in total. The van der Waals surface area contributed by atoms with Crippen molar-refractivity contribution in [3.63, 3.8) is 0 Å². The van der Waals surface area contributed by atoms with Crippen molar-refractivity contribution in [2.45, 2.75) is 65.6 Å². The van der Waals surface area contributed by atoms with Crippen LogP contribution in [0.3, 0.4) is 0 Å². The molecule has 32 heavy (non-hydrogen) atoms. The standard InChI is InChI=1S/C25H32BrClN2O3/c1-16(2)28-24(31)17(3)29(14-18-7-10-20(27)11-8-18)23(30)15-32-22-12-9-19(13-21(22)26)25(4,5)6/h7-13,16-17H,14-15H2,1-6H3,(H,28,31)/t17-/m0/s1. The Kier molecular flexibility index (Phi) is 9.17. The van der Waals surface area contributed by atoms with Crippen LogP contribution in [-0.2, 0) is 21.5 Å².